The summed E-state index contributed by atoms with van der Waals surface area (Å²) in [5.74, 6) is 0.534. The van der Waals surface area contributed by atoms with Gasteiger partial charge in [-0.2, -0.15) is 0 Å². The molecule has 0 saturated heterocycles. The first-order valence-corrected chi connectivity index (χ1v) is 7.12. The second-order valence-corrected chi connectivity index (χ2v) is 6.04. The Morgan fingerprint density at radius 1 is 1.18 bits per heavy atom. The molecule has 0 unspecified atom stereocenters. The Kier molecular flexibility index (Phi) is 2.55. The van der Waals surface area contributed by atoms with E-state index in [4.69, 9.17) is 4.98 Å². The zero-order valence-electron chi connectivity index (χ0n) is 10.3. The first-order valence-electron chi connectivity index (χ1n) is 6.24. The van der Waals surface area contributed by atoms with Crippen molar-refractivity contribution in [2.75, 3.05) is 0 Å². The number of nitrogens with zero attached hydrogens (tertiary/aromatic N) is 1. The summed E-state index contributed by atoms with van der Waals surface area (Å²) >= 11 is 1.83. The lowest BCUT2D eigenvalue weighted by atomic mass is 9.97. The van der Waals surface area contributed by atoms with Gasteiger partial charge in [-0.15, -0.1) is 11.3 Å². The minimum atomic E-state index is 0.249. The average molecular weight is 243 g/mol. The Bertz CT molecular complexity index is 509. The molecular formula is C15H17NS. The van der Waals surface area contributed by atoms with E-state index in [9.17, 15) is 0 Å². The molecule has 2 heteroatoms. The van der Waals surface area contributed by atoms with Crippen LogP contribution in [0.5, 0.6) is 0 Å². The first-order chi connectivity index (χ1) is 8.22. The maximum absolute atomic E-state index is 4.84. The van der Waals surface area contributed by atoms with Gasteiger partial charge >= 0.3 is 0 Å². The van der Waals surface area contributed by atoms with Crippen molar-refractivity contribution in [3.63, 3.8) is 0 Å². The highest BCUT2D eigenvalue weighted by atomic mass is 32.1. The molecule has 88 valence electrons. The van der Waals surface area contributed by atoms with Crippen LogP contribution in [0.4, 0.5) is 0 Å². The summed E-state index contributed by atoms with van der Waals surface area (Å²) in [6, 6.07) is 10.8. The van der Waals surface area contributed by atoms with E-state index in [1.54, 1.807) is 0 Å². The molecule has 0 amide bonds. The van der Waals surface area contributed by atoms with Crippen LogP contribution in [-0.4, -0.2) is 4.98 Å². The molecule has 0 radical (unpaired) electrons. The second kappa shape index (κ2) is 3.95. The van der Waals surface area contributed by atoms with Gasteiger partial charge in [-0.05, 0) is 24.3 Å². The summed E-state index contributed by atoms with van der Waals surface area (Å²) < 4.78 is 0. The van der Waals surface area contributed by atoms with Gasteiger partial charge in [-0.3, -0.25) is 0 Å². The third-order valence-electron chi connectivity index (χ3n) is 3.60. The summed E-state index contributed by atoms with van der Waals surface area (Å²) in [5.41, 5.74) is 2.93. The summed E-state index contributed by atoms with van der Waals surface area (Å²) in [4.78, 5) is 4.84. The van der Waals surface area contributed by atoms with E-state index >= 15 is 0 Å². The maximum atomic E-state index is 4.84. The quantitative estimate of drug-likeness (QED) is 0.781. The maximum Gasteiger partial charge on any atom is 0.103 e. The number of rotatable bonds is 3. The van der Waals surface area contributed by atoms with Gasteiger partial charge in [-0.25, -0.2) is 4.98 Å². The van der Waals surface area contributed by atoms with Crippen LogP contribution in [-0.2, 0) is 5.41 Å². The molecule has 1 aromatic heterocycles. The standard InChI is InChI=1S/C15H17NS/c1-11(2)13-10-17-14(16-13)15(8-9-15)12-6-4-3-5-7-12/h3-7,10-11H,8-9H2,1-2H3. The van der Waals surface area contributed by atoms with Crippen molar-refractivity contribution in [2.45, 2.75) is 38.0 Å². The Labute approximate surface area is 107 Å². The van der Waals surface area contributed by atoms with Crippen molar-refractivity contribution in [3.8, 4) is 0 Å². The molecule has 0 spiro atoms. The second-order valence-electron chi connectivity index (χ2n) is 5.18. The molecular weight excluding hydrogens is 226 g/mol. The molecule has 1 aliphatic rings. The minimum absolute atomic E-state index is 0.249. The summed E-state index contributed by atoms with van der Waals surface area (Å²) in [6.07, 6.45) is 2.50. The molecule has 2 aromatic rings. The van der Waals surface area contributed by atoms with E-state index in [-0.39, 0.29) is 5.41 Å². The zero-order valence-corrected chi connectivity index (χ0v) is 11.1. The van der Waals surface area contributed by atoms with Crippen LogP contribution in [0, 0.1) is 0 Å². The van der Waals surface area contributed by atoms with Crippen LogP contribution < -0.4 is 0 Å². The molecule has 1 heterocycles. The Morgan fingerprint density at radius 3 is 2.41 bits per heavy atom. The highest BCUT2D eigenvalue weighted by Gasteiger charge is 2.48. The summed E-state index contributed by atoms with van der Waals surface area (Å²) in [5, 5.41) is 3.54. The van der Waals surface area contributed by atoms with Crippen molar-refractivity contribution in [1.82, 2.24) is 4.98 Å². The molecule has 3 rings (SSSR count). The smallest absolute Gasteiger partial charge is 0.103 e. The lowest BCUT2D eigenvalue weighted by Gasteiger charge is -2.12. The Hall–Kier alpha value is -1.15. The van der Waals surface area contributed by atoms with Crippen LogP contribution >= 0.6 is 11.3 Å². The number of hydrogen-bond acceptors (Lipinski definition) is 2. The van der Waals surface area contributed by atoms with E-state index in [0.29, 0.717) is 5.92 Å². The lowest BCUT2D eigenvalue weighted by molar-refractivity contribution is 0.783. The van der Waals surface area contributed by atoms with Crippen molar-refractivity contribution in [1.29, 1.82) is 0 Å². The predicted molar refractivity (Wildman–Crippen MR) is 72.7 cm³/mol. The van der Waals surface area contributed by atoms with Crippen molar-refractivity contribution >= 4 is 11.3 Å². The number of benzene rings is 1. The Morgan fingerprint density at radius 2 is 1.88 bits per heavy atom. The average Bonchev–Trinajstić information content (AvgIpc) is 3.00. The minimum Gasteiger partial charge on any atom is -0.245 e. The molecule has 0 atom stereocenters. The fraction of sp³-hybridized carbons (Fsp3) is 0.400. The zero-order chi connectivity index (χ0) is 11.9. The molecule has 1 nitrogen and oxygen atoms in total. The van der Waals surface area contributed by atoms with Crippen LogP contribution in [0.2, 0.25) is 0 Å². The molecule has 1 aromatic carbocycles. The summed E-state index contributed by atoms with van der Waals surface area (Å²) in [6.45, 7) is 4.42. The van der Waals surface area contributed by atoms with Crippen LogP contribution in [0.25, 0.3) is 0 Å². The van der Waals surface area contributed by atoms with Gasteiger partial charge in [0, 0.05) is 10.8 Å². The lowest BCUT2D eigenvalue weighted by Crippen LogP contribution is -2.08. The largest absolute Gasteiger partial charge is 0.245 e. The topological polar surface area (TPSA) is 12.9 Å². The van der Waals surface area contributed by atoms with Crippen molar-refractivity contribution < 1.29 is 0 Å². The molecule has 1 aliphatic carbocycles. The van der Waals surface area contributed by atoms with E-state index in [0.717, 1.165) is 0 Å². The van der Waals surface area contributed by atoms with Gasteiger partial charge < -0.3 is 0 Å². The van der Waals surface area contributed by atoms with Crippen LogP contribution in [0.3, 0.4) is 0 Å². The van der Waals surface area contributed by atoms with Crippen LogP contribution in [0.15, 0.2) is 35.7 Å². The third kappa shape index (κ3) is 1.81. The predicted octanol–water partition coefficient (Wildman–Crippen LogP) is 4.35. The van der Waals surface area contributed by atoms with E-state index < -0.39 is 0 Å². The number of hydrogen-bond donors (Lipinski definition) is 0. The van der Waals surface area contributed by atoms with Gasteiger partial charge in [0.1, 0.15) is 5.01 Å². The molecule has 0 aliphatic heterocycles. The fourth-order valence-corrected chi connectivity index (χ4v) is 3.54. The monoisotopic (exact) mass is 243 g/mol. The van der Waals surface area contributed by atoms with E-state index in [1.807, 2.05) is 11.3 Å². The Balaban J connectivity index is 1.98. The van der Waals surface area contributed by atoms with Gasteiger partial charge in [-0.1, -0.05) is 44.2 Å². The highest BCUT2D eigenvalue weighted by Crippen LogP contribution is 2.54. The van der Waals surface area contributed by atoms with E-state index in [2.05, 4.69) is 49.6 Å². The summed E-state index contributed by atoms with van der Waals surface area (Å²) in [7, 11) is 0. The van der Waals surface area contributed by atoms with Gasteiger partial charge in [0.2, 0.25) is 0 Å². The molecule has 1 fully saturated rings. The molecule has 17 heavy (non-hydrogen) atoms. The van der Waals surface area contributed by atoms with Crippen LogP contribution in [0.1, 0.15) is 48.9 Å². The van der Waals surface area contributed by atoms with Crippen molar-refractivity contribution in [2.24, 2.45) is 0 Å². The van der Waals surface area contributed by atoms with Gasteiger partial charge in [0.15, 0.2) is 0 Å². The first kappa shape index (κ1) is 11.0. The SMILES string of the molecule is CC(C)c1csc(C2(c3ccccc3)CC2)n1. The molecule has 0 N–H and O–H groups in total. The van der Waals surface area contributed by atoms with Crippen molar-refractivity contribution in [3.05, 3.63) is 52.0 Å². The normalized spacial score (nSPS) is 17.4. The number of thiazole rings is 1. The highest BCUT2D eigenvalue weighted by molar-refractivity contribution is 7.09. The van der Waals surface area contributed by atoms with E-state index in [1.165, 1.54) is 29.1 Å². The number of aromatic nitrogens is 1. The third-order valence-corrected chi connectivity index (χ3v) is 4.66. The molecule has 1 saturated carbocycles. The van der Waals surface area contributed by atoms with Gasteiger partial charge in [0.05, 0.1) is 5.69 Å². The fourth-order valence-electron chi connectivity index (χ4n) is 2.28. The van der Waals surface area contributed by atoms with Gasteiger partial charge in [0.25, 0.3) is 0 Å². The molecule has 0 bridgehead atoms.